The van der Waals surface area contributed by atoms with E-state index in [0.29, 0.717) is 22.2 Å². The molecule has 0 unspecified atom stereocenters. The highest BCUT2D eigenvalue weighted by atomic mass is 35.5. The Morgan fingerprint density at radius 1 is 1.07 bits per heavy atom. The summed E-state index contributed by atoms with van der Waals surface area (Å²) in [5.41, 5.74) is 1.06. The van der Waals surface area contributed by atoms with E-state index >= 15 is 0 Å². The fourth-order valence-corrected chi connectivity index (χ4v) is 2.70. The van der Waals surface area contributed by atoms with Gasteiger partial charge in [-0.05, 0) is 56.2 Å². The second-order valence-electron chi connectivity index (χ2n) is 6.91. The van der Waals surface area contributed by atoms with Crippen molar-refractivity contribution in [2.45, 2.75) is 27.3 Å². The van der Waals surface area contributed by atoms with Crippen LogP contribution in [0.25, 0.3) is 0 Å². The number of halogens is 1. The number of carbonyl (C=O) groups excluding carboxylic acids is 2. The van der Waals surface area contributed by atoms with Crippen LogP contribution in [0.1, 0.15) is 25.0 Å². The third-order valence-corrected chi connectivity index (χ3v) is 4.86. The highest BCUT2D eigenvalue weighted by Gasteiger charge is 2.36. The molecule has 0 aliphatic carbocycles. The molecule has 2 aromatic carbocycles. The number of hydrogen-bond acceptors (Lipinski definition) is 4. The lowest BCUT2D eigenvalue weighted by Gasteiger charge is -2.23. The van der Waals surface area contributed by atoms with Crippen LogP contribution in [0.2, 0.25) is 5.02 Å². The minimum Gasteiger partial charge on any atom is -0.454 e. The Morgan fingerprint density at radius 2 is 1.81 bits per heavy atom. The molecule has 6 nitrogen and oxygen atoms in total. The quantitative estimate of drug-likeness (QED) is 0.766. The van der Waals surface area contributed by atoms with Crippen LogP contribution in [0.4, 0.5) is 5.69 Å². The van der Waals surface area contributed by atoms with E-state index in [1.54, 1.807) is 32.0 Å². The summed E-state index contributed by atoms with van der Waals surface area (Å²) in [4.78, 5) is 25.2. The zero-order valence-electron chi connectivity index (χ0n) is 15.4. The maximum Gasteiger partial charge on any atom is 0.239 e. The van der Waals surface area contributed by atoms with Gasteiger partial charge in [-0.1, -0.05) is 23.7 Å². The van der Waals surface area contributed by atoms with Crippen LogP contribution in [-0.4, -0.2) is 18.6 Å². The van der Waals surface area contributed by atoms with Gasteiger partial charge >= 0.3 is 0 Å². The van der Waals surface area contributed by atoms with Gasteiger partial charge in [0.15, 0.2) is 11.5 Å². The average molecular weight is 389 g/mol. The standard InChI is InChI=1S/C20H21ClN2O4/c1-12-4-6-14(9-15(12)21)23-19(25)20(2,3)18(24)22-10-13-5-7-16-17(8-13)27-11-26-16/h4-9H,10-11H2,1-3H3,(H,22,24)(H,23,25). The van der Waals surface area contributed by atoms with Gasteiger partial charge in [-0.3, -0.25) is 9.59 Å². The zero-order valence-corrected chi connectivity index (χ0v) is 16.1. The van der Waals surface area contributed by atoms with Gasteiger partial charge in [0.25, 0.3) is 0 Å². The molecule has 0 aromatic heterocycles. The van der Waals surface area contributed by atoms with Crippen LogP contribution in [-0.2, 0) is 16.1 Å². The van der Waals surface area contributed by atoms with Crippen molar-refractivity contribution >= 4 is 29.1 Å². The first-order chi connectivity index (χ1) is 12.8. The second kappa shape index (κ2) is 7.48. The fraction of sp³-hybridized carbons (Fsp3) is 0.300. The molecule has 2 aromatic rings. The summed E-state index contributed by atoms with van der Waals surface area (Å²) in [6.45, 7) is 5.51. The number of benzene rings is 2. The summed E-state index contributed by atoms with van der Waals surface area (Å²) in [6.07, 6.45) is 0. The van der Waals surface area contributed by atoms with Gasteiger partial charge < -0.3 is 20.1 Å². The first kappa shape index (κ1) is 19.0. The number of fused-ring (bicyclic) bond motifs is 1. The topological polar surface area (TPSA) is 76.7 Å². The number of hydrogen-bond donors (Lipinski definition) is 2. The van der Waals surface area contributed by atoms with Crippen LogP contribution in [0, 0.1) is 12.3 Å². The summed E-state index contributed by atoms with van der Waals surface area (Å²) < 4.78 is 10.6. The van der Waals surface area contributed by atoms with Crippen molar-refractivity contribution in [1.82, 2.24) is 5.32 Å². The molecular formula is C20H21ClN2O4. The lowest BCUT2D eigenvalue weighted by atomic mass is 9.90. The smallest absolute Gasteiger partial charge is 0.239 e. The number of anilines is 1. The monoisotopic (exact) mass is 388 g/mol. The van der Waals surface area contributed by atoms with Gasteiger partial charge in [-0.15, -0.1) is 0 Å². The Labute approximate surface area is 162 Å². The Kier molecular flexibility index (Phi) is 5.28. The van der Waals surface area contributed by atoms with Crippen LogP contribution >= 0.6 is 11.6 Å². The molecule has 0 bridgehead atoms. The van der Waals surface area contributed by atoms with E-state index in [4.69, 9.17) is 21.1 Å². The molecule has 2 amide bonds. The maximum atomic E-state index is 12.6. The summed E-state index contributed by atoms with van der Waals surface area (Å²) in [7, 11) is 0. The van der Waals surface area contributed by atoms with Crippen molar-refractivity contribution in [2.75, 3.05) is 12.1 Å². The van der Waals surface area contributed by atoms with Crippen LogP contribution in [0.15, 0.2) is 36.4 Å². The van der Waals surface area contributed by atoms with Gasteiger partial charge in [0, 0.05) is 17.3 Å². The predicted octanol–water partition coefficient (Wildman–Crippen LogP) is 3.66. The highest BCUT2D eigenvalue weighted by Crippen LogP contribution is 2.32. The number of carbonyl (C=O) groups is 2. The molecule has 1 heterocycles. The molecule has 0 saturated heterocycles. The number of nitrogens with one attached hydrogen (secondary N) is 2. The molecule has 1 aliphatic heterocycles. The molecule has 0 saturated carbocycles. The molecule has 7 heteroatoms. The molecule has 0 radical (unpaired) electrons. The number of aryl methyl sites for hydroxylation is 1. The van der Waals surface area contributed by atoms with Crippen molar-refractivity contribution in [2.24, 2.45) is 5.41 Å². The Balaban J connectivity index is 1.61. The normalized spacial score (nSPS) is 12.6. The molecule has 0 spiro atoms. The van der Waals surface area contributed by atoms with Crippen LogP contribution < -0.4 is 20.1 Å². The molecule has 27 heavy (non-hydrogen) atoms. The molecule has 0 atom stereocenters. The van der Waals surface area contributed by atoms with Gasteiger partial charge in [0.05, 0.1) is 0 Å². The molecule has 0 fully saturated rings. The summed E-state index contributed by atoms with van der Waals surface area (Å²) >= 11 is 6.08. The van der Waals surface area contributed by atoms with Gasteiger partial charge in [-0.25, -0.2) is 0 Å². The highest BCUT2D eigenvalue weighted by molar-refractivity contribution is 6.31. The van der Waals surface area contributed by atoms with Crippen LogP contribution in [0.5, 0.6) is 11.5 Å². The molecule has 2 N–H and O–H groups in total. The fourth-order valence-electron chi connectivity index (χ4n) is 2.52. The van der Waals surface area contributed by atoms with E-state index < -0.39 is 11.3 Å². The van der Waals surface area contributed by atoms with Crippen molar-refractivity contribution in [3.63, 3.8) is 0 Å². The van der Waals surface area contributed by atoms with Crippen LogP contribution in [0.3, 0.4) is 0 Å². The van der Waals surface area contributed by atoms with E-state index in [1.165, 1.54) is 0 Å². The average Bonchev–Trinajstić information content (AvgIpc) is 3.10. The second-order valence-corrected chi connectivity index (χ2v) is 7.32. The van der Waals surface area contributed by atoms with Gasteiger partial charge in [0.1, 0.15) is 5.41 Å². The third kappa shape index (κ3) is 4.17. The zero-order chi connectivity index (χ0) is 19.6. The van der Waals surface area contributed by atoms with Gasteiger partial charge in [0.2, 0.25) is 18.6 Å². The first-order valence-electron chi connectivity index (χ1n) is 8.52. The van der Waals surface area contributed by atoms with E-state index in [1.807, 2.05) is 25.1 Å². The lowest BCUT2D eigenvalue weighted by molar-refractivity contribution is -0.138. The lowest BCUT2D eigenvalue weighted by Crippen LogP contribution is -2.44. The minimum atomic E-state index is -1.26. The predicted molar refractivity (Wildman–Crippen MR) is 103 cm³/mol. The van der Waals surface area contributed by atoms with Crippen molar-refractivity contribution in [1.29, 1.82) is 0 Å². The summed E-state index contributed by atoms with van der Waals surface area (Å²) in [5, 5.41) is 6.09. The SMILES string of the molecule is Cc1ccc(NC(=O)C(C)(C)C(=O)NCc2ccc3c(c2)OCO3)cc1Cl. The molecule has 3 rings (SSSR count). The number of amides is 2. The Morgan fingerprint density at radius 3 is 2.56 bits per heavy atom. The van der Waals surface area contributed by atoms with Gasteiger partial charge in [-0.2, -0.15) is 0 Å². The third-order valence-electron chi connectivity index (χ3n) is 4.46. The van der Waals surface area contributed by atoms with E-state index in [0.717, 1.165) is 11.1 Å². The van der Waals surface area contributed by atoms with Crippen molar-refractivity contribution in [3.05, 3.63) is 52.5 Å². The van der Waals surface area contributed by atoms with E-state index in [9.17, 15) is 9.59 Å². The number of rotatable bonds is 5. The van der Waals surface area contributed by atoms with Crippen molar-refractivity contribution < 1.29 is 19.1 Å². The molecule has 1 aliphatic rings. The largest absolute Gasteiger partial charge is 0.454 e. The molecule has 142 valence electrons. The first-order valence-corrected chi connectivity index (χ1v) is 8.89. The van der Waals surface area contributed by atoms with E-state index in [-0.39, 0.29) is 19.2 Å². The Bertz CT molecular complexity index is 896. The Hall–Kier alpha value is -2.73. The minimum absolute atomic E-state index is 0.196. The maximum absolute atomic E-state index is 12.6. The summed E-state index contributed by atoms with van der Waals surface area (Å²) in [6, 6.07) is 10.7. The van der Waals surface area contributed by atoms with E-state index in [2.05, 4.69) is 10.6 Å². The molecular weight excluding hydrogens is 368 g/mol. The number of ether oxygens (including phenoxy) is 2. The van der Waals surface area contributed by atoms with Crippen molar-refractivity contribution in [3.8, 4) is 11.5 Å². The summed E-state index contributed by atoms with van der Waals surface area (Å²) in [5.74, 6) is 0.540.